The summed E-state index contributed by atoms with van der Waals surface area (Å²) in [7, 11) is 1.87. The van der Waals surface area contributed by atoms with Gasteiger partial charge in [0, 0.05) is 24.5 Å². The first-order chi connectivity index (χ1) is 8.26. The van der Waals surface area contributed by atoms with Crippen molar-refractivity contribution >= 4 is 5.82 Å². The van der Waals surface area contributed by atoms with Gasteiger partial charge in [-0.1, -0.05) is 6.92 Å². The molecule has 17 heavy (non-hydrogen) atoms. The molecule has 5 nitrogen and oxygen atoms in total. The summed E-state index contributed by atoms with van der Waals surface area (Å²) in [6, 6.07) is 1.81. The van der Waals surface area contributed by atoms with Gasteiger partial charge in [-0.2, -0.15) is 0 Å². The largest absolute Gasteiger partial charge is 0.373 e. The molecule has 0 aliphatic rings. The SMILES string of the molecule is CCc1c(C)nc(-c2ccncn2)nc1NC. The van der Waals surface area contributed by atoms with Crippen LogP contribution in [0.3, 0.4) is 0 Å². The molecule has 0 unspecified atom stereocenters. The third-order valence-electron chi connectivity index (χ3n) is 2.62. The Morgan fingerprint density at radius 1 is 1.29 bits per heavy atom. The minimum atomic E-state index is 0.631. The predicted octanol–water partition coefficient (Wildman–Crippen LogP) is 1.85. The molecule has 2 rings (SSSR count). The van der Waals surface area contributed by atoms with Crippen molar-refractivity contribution in [1.29, 1.82) is 0 Å². The van der Waals surface area contributed by atoms with E-state index in [0.29, 0.717) is 5.82 Å². The summed E-state index contributed by atoms with van der Waals surface area (Å²) in [6.07, 6.45) is 4.10. The predicted molar refractivity (Wildman–Crippen MR) is 66.7 cm³/mol. The van der Waals surface area contributed by atoms with E-state index in [1.165, 1.54) is 6.33 Å². The number of rotatable bonds is 3. The second-order valence-corrected chi connectivity index (χ2v) is 3.66. The van der Waals surface area contributed by atoms with Gasteiger partial charge in [-0.25, -0.2) is 19.9 Å². The Labute approximate surface area is 100 Å². The Morgan fingerprint density at radius 3 is 2.71 bits per heavy atom. The fraction of sp³-hybridized carbons (Fsp3) is 0.333. The van der Waals surface area contributed by atoms with Crippen molar-refractivity contribution in [2.24, 2.45) is 0 Å². The van der Waals surface area contributed by atoms with Crippen LogP contribution in [0.5, 0.6) is 0 Å². The van der Waals surface area contributed by atoms with Gasteiger partial charge in [0.2, 0.25) is 0 Å². The van der Waals surface area contributed by atoms with E-state index in [9.17, 15) is 0 Å². The lowest BCUT2D eigenvalue weighted by Crippen LogP contribution is -2.05. The van der Waals surface area contributed by atoms with Crippen molar-refractivity contribution in [2.45, 2.75) is 20.3 Å². The molecule has 2 aromatic rings. The van der Waals surface area contributed by atoms with Gasteiger partial charge in [-0.15, -0.1) is 0 Å². The summed E-state index contributed by atoms with van der Waals surface area (Å²) in [6.45, 7) is 4.09. The molecule has 0 amide bonds. The maximum Gasteiger partial charge on any atom is 0.180 e. The van der Waals surface area contributed by atoms with Crippen molar-refractivity contribution in [3.8, 4) is 11.5 Å². The van der Waals surface area contributed by atoms with Crippen LogP contribution in [0.1, 0.15) is 18.2 Å². The van der Waals surface area contributed by atoms with Crippen molar-refractivity contribution in [2.75, 3.05) is 12.4 Å². The molecule has 2 aromatic heterocycles. The standard InChI is InChI=1S/C12H15N5/c1-4-9-8(2)16-12(17-11(9)13-3)10-5-6-14-7-15-10/h5-7H,4H2,1-3H3,(H,13,16,17). The average Bonchev–Trinajstić information content (AvgIpc) is 2.38. The van der Waals surface area contributed by atoms with Gasteiger partial charge in [0.15, 0.2) is 5.82 Å². The lowest BCUT2D eigenvalue weighted by atomic mass is 10.1. The van der Waals surface area contributed by atoms with Gasteiger partial charge < -0.3 is 5.32 Å². The van der Waals surface area contributed by atoms with Gasteiger partial charge in [0.25, 0.3) is 0 Å². The molecule has 0 spiro atoms. The van der Waals surface area contributed by atoms with Gasteiger partial charge in [0.1, 0.15) is 17.8 Å². The van der Waals surface area contributed by atoms with Crippen LogP contribution in [0, 0.1) is 6.92 Å². The number of anilines is 1. The minimum absolute atomic E-state index is 0.631. The highest BCUT2D eigenvalue weighted by molar-refractivity contribution is 5.55. The monoisotopic (exact) mass is 229 g/mol. The zero-order valence-electron chi connectivity index (χ0n) is 10.2. The molecule has 0 aliphatic carbocycles. The van der Waals surface area contributed by atoms with Gasteiger partial charge >= 0.3 is 0 Å². The number of aromatic nitrogens is 4. The molecule has 0 aliphatic heterocycles. The minimum Gasteiger partial charge on any atom is -0.373 e. The second-order valence-electron chi connectivity index (χ2n) is 3.66. The Hall–Kier alpha value is -2.04. The summed E-state index contributed by atoms with van der Waals surface area (Å²) in [4.78, 5) is 17.0. The Bertz CT molecular complexity index is 510. The highest BCUT2D eigenvalue weighted by Crippen LogP contribution is 2.20. The van der Waals surface area contributed by atoms with E-state index in [4.69, 9.17) is 0 Å². The van der Waals surface area contributed by atoms with Crippen LogP contribution in [0.25, 0.3) is 11.5 Å². The van der Waals surface area contributed by atoms with Crippen LogP contribution < -0.4 is 5.32 Å². The molecular formula is C12H15N5. The number of nitrogens with zero attached hydrogens (tertiary/aromatic N) is 4. The number of hydrogen-bond donors (Lipinski definition) is 1. The molecule has 0 radical (unpaired) electrons. The smallest absolute Gasteiger partial charge is 0.180 e. The second kappa shape index (κ2) is 4.86. The third-order valence-corrected chi connectivity index (χ3v) is 2.62. The fourth-order valence-corrected chi connectivity index (χ4v) is 1.76. The van der Waals surface area contributed by atoms with Gasteiger partial charge in [0.05, 0.1) is 0 Å². The highest BCUT2D eigenvalue weighted by Gasteiger charge is 2.10. The van der Waals surface area contributed by atoms with Gasteiger partial charge in [-0.05, 0) is 19.4 Å². The van der Waals surface area contributed by atoms with Crippen LogP contribution in [0.2, 0.25) is 0 Å². The quantitative estimate of drug-likeness (QED) is 0.870. The summed E-state index contributed by atoms with van der Waals surface area (Å²) in [5.74, 6) is 1.50. The van der Waals surface area contributed by atoms with E-state index >= 15 is 0 Å². The first kappa shape index (κ1) is 11.4. The summed E-state index contributed by atoms with van der Waals surface area (Å²) in [5.41, 5.74) is 2.87. The van der Waals surface area contributed by atoms with Crippen LogP contribution >= 0.6 is 0 Å². The van der Waals surface area contributed by atoms with Crippen molar-refractivity contribution in [1.82, 2.24) is 19.9 Å². The lowest BCUT2D eigenvalue weighted by molar-refractivity contribution is 0.992. The Balaban J connectivity index is 2.54. The van der Waals surface area contributed by atoms with E-state index < -0.39 is 0 Å². The van der Waals surface area contributed by atoms with Crippen molar-refractivity contribution in [3.63, 3.8) is 0 Å². The third kappa shape index (κ3) is 2.22. The molecule has 0 fully saturated rings. The Morgan fingerprint density at radius 2 is 2.12 bits per heavy atom. The lowest BCUT2D eigenvalue weighted by Gasteiger charge is -2.10. The molecule has 88 valence electrons. The number of nitrogens with one attached hydrogen (secondary N) is 1. The average molecular weight is 229 g/mol. The summed E-state index contributed by atoms with van der Waals surface area (Å²) < 4.78 is 0. The molecule has 2 heterocycles. The molecular weight excluding hydrogens is 214 g/mol. The summed E-state index contributed by atoms with van der Waals surface area (Å²) >= 11 is 0. The maximum absolute atomic E-state index is 4.48. The number of hydrogen-bond acceptors (Lipinski definition) is 5. The van der Waals surface area contributed by atoms with E-state index in [1.807, 2.05) is 14.0 Å². The van der Waals surface area contributed by atoms with E-state index in [1.54, 1.807) is 12.3 Å². The summed E-state index contributed by atoms with van der Waals surface area (Å²) in [5, 5.41) is 3.10. The van der Waals surface area contributed by atoms with Gasteiger partial charge in [-0.3, -0.25) is 0 Å². The van der Waals surface area contributed by atoms with Crippen molar-refractivity contribution < 1.29 is 0 Å². The van der Waals surface area contributed by atoms with E-state index in [-0.39, 0.29) is 0 Å². The van der Waals surface area contributed by atoms with E-state index in [2.05, 4.69) is 32.2 Å². The van der Waals surface area contributed by atoms with Crippen LogP contribution in [0.15, 0.2) is 18.6 Å². The molecule has 5 heteroatoms. The molecule has 0 atom stereocenters. The first-order valence-electron chi connectivity index (χ1n) is 5.58. The molecule has 0 bridgehead atoms. The van der Waals surface area contributed by atoms with Crippen molar-refractivity contribution in [3.05, 3.63) is 29.8 Å². The maximum atomic E-state index is 4.48. The fourth-order valence-electron chi connectivity index (χ4n) is 1.76. The molecule has 0 aromatic carbocycles. The zero-order valence-corrected chi connectivity index (χ0v) is 10.2. The molecule has 0 saturated carbocycles. The normalized spacial score (nSPS) is 10.3. The molecule has 1 N–H and O–H groups in total. The molecule has 0 saturated heterocycles. The Kier molecular flexibility index (Phi) is 3.27. The number of aryl methyl sites for hydroxylation is 1. The van der Waals surface area contributed by atoms with Crippen LogP contribution in [-0.2, 0) is 6.42 Å². The van der Waals surface area contributed by atoms with Crippen LogP contribution in [0.4, 0.5) is 5.82 Å². The zero-order chi connectivity index (χ0) is 12.3. The first-order valence-corrected chi connectivity index (χ1v) is 5.58. The highest BCUT2D eigenvalue weighted by atomic mass is 15.0. The van der Waals surface area contributed by atoms with Crippen LogP contribution in [-0.4, -0.2) is 27.0 Å². The van der Waals surface area contributed by atoms with E-state index in [0.717, 1.165) is 29.2 Å². The topological polar surface area (TPSA) is 63.6 Å².